The molecule has 2 atom stereocenters. The number of fused-ring (bicyclic) bond motifs is 2. The van der Waals surface area contributed by atoms with Gasteiger partial charge >= 0.3 is 0 Å². The molecule has 1 amide bonds. The van der Waals surface area contributed by atoms with Gasteiger partial charge in [-0.2, -0.15) is 20.0 Å². The Hall–Kier alpha value is -4.19. The topological polar surface area (TPSA) is 84.7 Å². The Balaban J connectivity index is 1.20. The van der Waals surface area contributed by atoms with Crippen LogP contribution in [0.2, 0.25) is 0 Å². The van der Waals surface area contributed by atoms with E-state index in [1.165, 1.54) is 4.80 Å². The lowest BCUT2D eigenvalue weighted by Crippen LogP contribution is -2.34. The van der Waals surface area contributed by atoms with Gasteiger partial charge in [-0.05, 0) is 31.2 Å². The predicted molar refractivity (Wildman–Crippen MR) is 121 cm³/mol. The Bertz CT molecular complexity index is 1390. The first-order valence-corrected chi connectivity index (χ1v) is 10.9. The van der Waals surface area contributed by atoms with Gasteiger partial charge in [0.05, 0.1) is 30.2 Å². The highest BCUT2D eigenvalue weighted by molar-refractivity contribution is 5.98. The minimum Gasteiger partial charge on any atom is -0.424 e. The van der Waals surface area contributed by atoms with Gasteiger partial charge in [0.25, 0.3) is 11.9 Å². The summed E-state index contributed by atoms with van der Waals surface area (Å²) < 4.78 is 5.95. The zero-order valence-electron chi connectivity index (χ0n) is 18.0. The van der Waals surface area contributed by atoms with Crippen LogP contribution in [0.4, 0.5) is 11.7 Å². The molecule has 4 aromatic rings. The van der Waals surface area contributed by atoms with Crippen LogP contribution in [0.1, 0.15) is 15.9 Å². The van der Waals surface area contributed by atoms with Crippen molar-refractivity contribution < 1.29 is 9.21 Å². The van der Waals surface area contributed by atoms with Crippen LogP contribution in [0, 0.1) is 25.3 Å². The predicted octanol–water partition coefficient (Wildman–Crippen LogP) is 3.48. The molecule has 2 aromatic carbocycles. The second-order valence-corrected chi connectivity index (χ2v) is 8.73. The number of hydrogen-bond acceptors (Lipinski definition) is 6. The number of anilines is 1. The summed E-state index contributed by atoms with van der Waals surface area (Å²) in [5.41, 5.74) is 4.28. The van der Waals surface area contributed by atoms with E-state index in [9.17, 15) is 4.79 Å². The Morgan fingerprint density at radius 3 is 2.55 bits per heavy atom. The van der Waals surface area contributed by atoms with E-state index in [1.807, 2.05) is 30.0 Å². The van der Waals surface area contributed by atoms with Crippen molar-refractivity contribution >= 4 is 28.7 Å². The number of hydrogen-bond donors (Lipinski definition) is 0. The van der Waals surface area contributed by atoms with Gasteiger partial charge in [-0.1, -0.05) is 17.7 Å². The highest BCUT2D eigenvalue weighted by Crippen LogP contribution is 2.36. The molecule has 164 valence electrons. The monoisotopic (exact) mass is 439 g/mol. The standard InChI is InChI=1S/C24H21N7O2/c1-15-3-5-21(31-26-7-8-27-31)19(9-15)23(32)29-11-16-13-30(14-17(16)12-29)24-28-20-10-18(25-2)4-6-22(20)33-24/h3-10,16-17H,11-14H2,1H3. The number of likely N-dealkylation sites (tertiary alicyclic amines) is 1. The number of carbonyl (C=O) groups is 1. The van der Waals surface area contributed by atoms with Gasteiger partial charge in [-0.3, -0.25) is 4.79 Å². The van der Waals surface area contributed by atoms with Crippen molar-refractivity contribution in [2.45, 2.75) is 6.92 Å². The molecule has 9 heteroatoms. The number of oxazole rings is 1. The fraction of sp³-hybridized carbons (Fsp3) is 0.292. The van der Waals surface area contributed by atoms with Crippen molar-refractivity contribution in [3.05, 3.63) is 71.3 Å². The van der Waals surface area contributed by atoms with E-state index in [-0.39, 0.29) is 5.91 Å². The lowest BCUT2D eigenvalue weighted by atomic mass is 10.0. The second kappa shape index (κ2) is 7.45. The number of amides is 1. The summed E-state index contributed by atoms with van der Waals surface area (Å²) in [6, 6.07) is 11.7. The van der Waals surface area contributed by atoms with Crippen molar-refractivity contribution in [3.63, 3.8) is 0 Å². The molecule has 0 bridgehead atoms. The van der Waals surface area contributed by atoms with Gasteiger partial charge in [-0.25, -0.2) is 4.85 Å². The minimum atomic E-state index is 0.0143. The number of rotatable bonds is 3. The summed E-state index contributed by atoms with van der Waals surface area (Å²) in [7, 11) is 0. The summed E-state index contributed by atoms with van der Waals surface area (Å²) in [5, 5.41) is 8.42. The summed E-state index contributed by atoms with van der Waals surface area (Å²) >= 11 is 0. The van der Waals surface area contributed by atoms with Gasteiger partial charge < -0.3 is 14.2 Å². The third kappa shape index (κ3) is 3.31. The fourth-order valence-electron chi connectivity index (χ4n) is 4.93. The minimum absolute atomic E-state index is 0.0143. The summed E-state index contributed by atoms with van der Waals surface area (Å²) in [5.74, 6) is 0.734. The molecule has 2 fully saturated rings. The number of nitrogens with zero attached hydrogens (tertiary/aromatic N) is 7. The first kappa shape index (κ1) is 19.5. The van der Waals surface area contributed by atoms with Gasteiger partial charge in [0.2, 0.25) is 0 Å². The van der Waals surface area contributed by atoms with Crippen molar-refractivity contribution in [2.75, 3.05) is 31.1 Å². The first-order valence-electron chi connectivity index (χ1n) is 10.9. The maximum atomic E-state index is 13.5. The van der Waals surface area contributed by atoms with E-state index in [0.29, 0.717) is 59.0 Å². The third-order valence-corrected chi connectivity index (χ3v) is 6.55. The van der Waals surface area contributed by atoms with Crippen LogP contribution in [-0.4, -0.2) is 57.0 Å². The molecule has 2 saturated heterocycles. The first-order chi connectivity index (χ1) is 16.1. The van der Waals surface area contributed by atoms with Gasteiger partial charge in [0.1, 0.15) is 5.52 Å². The Morgan fingerprint density at radius 1 is 1.06 bits per heavy atom. The molecule has 9 nitrogen and oxygen atoms in total. The lowest BCUT2D eigenvalue weighted by molar-refractivity contribution is 0.0782. The molecular weight excluding hydrogens is 418 g/mol. The Morgan fingerprint density at radius 2 is 1.82 bits per heavy atom. The third-order valence-electron chi connectivity index (χ3n) is 6.55. The van der Waals surface area contributed by atoms with Crippen LogP contribution in [0.3, 0.4) is 0 Å². The summed E-state index contributed by atoms with van der Waals surface area (Å²) in [6.07, 6.45) is 3.22. The van der Waals surface area contributed by atoms with Crippen molar-refractivity contribution in [1.29, 1.82) is 0 Å². The molecular formula is C24H21N7O2. The molecule has 2 unspecified atom stereocenters. The smallest absolute Gasteiger partial charge is 0.298 e. The molecule has 0 N–H and O–H groups in total. The molecule has 6 rings (SSSR count). The lowest BCUT2D eigenvalue weighted by Gasteiger charge is -2.22. The molecule has 4 heterocycles. The van der Waals surface area contributed by atoms with E-state index in [2.05, 4.69) is 24.9 Å². The van der Waals surface area contributed by atoms with E-state index in [1.54, 1.807) is 30.6 Å². The maximum Gasteiger partial charge on any atom is 0.298 e. The highest BCUT2D eigenvalue weighted by Gasteiger charge is 2.43. The molecule has 0 aliphatic carbocycles. The quantitative estimate of drug-likeness (QED) is 0.455. The van der Waals surface area contributed by atoms with Crippen molar-refractivity contribution in [1.82, 2.24) is 24.9 Å². The van der Waals surface area contributed by atoms with Gasteiger partial charge in [-0.15, -0.1) is 0 Å². The molecule has 0 saturated carbocycles. The molecule has 33 heavy (non-hydrogen) atoms. The molecule has 2 aliphatic rings. The van der Waals surface area contributed by atoms with Crippen molar-refractivity contribution in [3.8, 4) is 5.69 Å². The van der Waals surface area contributed by atoms with Crippen LogP contribution in [0.5, 0.6) is 0 Å². The average Bonchev–Trinajstić information content (AvgIpc) is 3.60. The van der Waals surface area contributed by atoms with Gasteiger partial charge in [0, 0.05) is 38.0 Å². The maximum absolute atomic E-state index is 13.5. The molecule has 2 aromatic heterocycles. The van der Waals surface area contributed by atoms with Crippen LogP contribution >= 0.6 is 0 Å². The van der Waals surface area contributed by atoms with E-state index in [0.717, 1.165) is 18.7 Å². The zero-order chi connectivity index (χ0) is 22.5. The van der Waals surface area contributed by atoms with Crippen LogP contribution in [-0.2, 0) is 0 Å². The van der Waals surface area contributed by atoms with E-state index < -0.39 is 0 Å². The van der Waals surface area contributed by atoms with E-state index in [4.69, 9.17) is 11.0 Å². The molecule has 2 aliphatic heterocycles. The van der Waals surface area contributed by atoms with Gasteiger partial charge in [0.15, 0.2) is 11.3 Å². The number of aryl methyl sites for hydroxylation is 1. The van der Waals surface area contributed by atoms with Crippen LogP contribution in [0.25, 0.3) is 21.6 Å². The molecule has 0 spiro atoms. The number of carbonyl (C=O) groups excluding carboxylic acids is 1. The number of benzene rings is 2. The highest BCUT2D eigenvalue weighted by atomic mass is 16.4. The van der Waals surface area contributed by atoms with E-state index >= 15 is 0 Å². The molecule has 0 radical (unpaired) electrons. The normalized spacial score (nSPS) is 19.8. The number of aromatic nitrogens is 4. The zero-order valence-corrected chi connectivity index (χ0v) is 18.0. The van der Waals surface area contributed by atoms with Crippen LogP contribution < -0.4 is 4.90 Å². The Labute approximate surface area is 190 Å². The summed E-state index contributed by atoms with van der Waals surface area (Å²) in [6.45, 7) is 12.1. The largest absolute Gasteiger partial charge is 0.424 e. The SMILES string of the molecule is [C-]#[N+]c1ccc2oc(N3CC4CN(C(=O)c5cc(C)ccc5-n5nccn5)CC4C3)nc2c1. The fourth-order valence-corrected chi connectivity index (χ4v) is 4.93. The summed E-state index contributed by atoms with van der Waals surface area (Å²) in [4.78, 5) is 27.1. The second-order valence-electron chi connectivity index (χ2n) is 8.73. The van der Waals surface area contributed by atoms with Crippen molar-refractivity contribution in [2.24, 2.45) is 11.8 Å². The average molecular weight is 439 g/mol. The Kier molecular flexibility index (Phi) is 4.40. The van der Waals surface area contributed by atoms with Crippen LogP contribution in [0.15, 0.2) is 53.2 Å².